The Hall–Kier alpha value is -4.82. The minimum Gasteiger partial charge on any atom is -0.466 e. The molecule has 0 amide bonds. The molecular weight excluding hydrogens is 546 g/mol. The summed E-state index contributed by atoms with van der Waals surface area (Å²) in [6.45, 7) is 6.66. The maximum atomic E-state index is 12.8. The van der Waals surface area contributed by atoms with Crippen molar-refractivity contribution in [3.63, 3.8) is 0 Å². The highest BCUT2D eigenvalue weighted by Gasteiger charge is 2.37. The number of allylic oxidation sites excluding steroid dienone is 2. The number of methoxy groups -OCH3 is 2. The molecule has 11 heteroatoms. The fourth-order valence-electron chi connectivity index (χ4n) is 5.60. The molecule has 0 radical (unpaired) electrons. The zero-order chi connectivity index (χ0) is 30.8. The van der Waals surface area contributed by atoms with Crippen molar-refractivity contribution >= 4 is 29.3 Å². The standard InChI is InChI=1S/C32H39N7O4/c1-21-27(30(40)42-3)29(28(22(2)37-21)31(41)43-4)23-9-8-10-25(19-23)38-32(36-20-33)35-16-15-34-24-13-17-39(18-14-24)26-11-6-5-7-12-26/h5-12,19,24,29,34,37H,13-18H2,1-4H3,(H2,35,36,38). The van der Waals surface area contributed by atoms with E-state index in [9.17, 15) is 14.9 Å². The molecule has 4 N–H and O–H groups in total. The number of carbonyl (C=O) groups excluding carboxylic acids is 2. The molecule has 0 unspecified atom stereocenters. The Labute approximate surface area is 252 Å². The van der Waals surface area contributed by atoms with Crippen LogP contribution in [-0.4, -0.2) is 64.3 Å². The van der Waals surface area contributed by atoms with Crippen LogP contribution in [0.3, 0.4) is 0 Å². The second kappa shape index (κ2) is 14.9. The summed E-state index contributed by atoms with van der Waals surface area (Å²) in [4.78, 5) is 32.6. The number of piperidine rings is 1. The first kappa shape index (κ1) is 31.1. The number of benzene rings is 2. The number of nitriles is 1. The number of dihydropyridines is 1. The Balaban J connectivity index is 1.43. The topological polar surface area (TPSA) is 140 Å². The van der Waals surface area contributed by atoms with Crippen molar-refractivity contribution in [3.05, 3.63) is 82.7 Å². The van der Waals surface area contributed by atoms with Crippen LogP contribution >= 0.6 is 0 Å². The van der Waals surface area contributed by atoms with Crippen LogP contribution in [0.1, 0.15) is 38.2 Å². The Morgan fingerprint density at radius 3 is 2.26 bits per heavy atom. The molecule has 43 heavy (non-hydrogen) atoms. The summed E-state index contributed by atoms with van der Waals surface area (Å²) >= 11 is 0. The van der Waals surface area contributed by atoms with Gasteiger partial charge in [-0.25, -0.2) is 9.59 Å². The van der Waals surface area contributed by atoms with Crippen molar-refractivity contribution in [1.82, 2.24) is 16.0 Å². The Morgan fingerprint density at radius 2 is 1.65 bits per heavy atom. The van der Waals surface area contributed by atoms with E-state index in [1.165, 1.54) is 19.9 Å². The van der Waals surface area contributed by atoms with Gasteiger partial charge in [-0.1, -0.05) is 30.3 Å². The second-order valence-electron chi connectivity index (χ2n) is 10.4. The third kappa shape index (κ3) is 7.72. The highest BCUT2D eigenvalue weighted by atomic mass is 16.5. The molecule has 1 saturated heterocycles. The minimum absolute atomic E-state index is 0.297. The molecule has 2 heterocycles. The molecular formula is C32H39N7O4. The molecule has 2 aromatic rings. The van der Waals surface area contributed by atoms with Gasteiger partial charge in [-0.15, -0.1) is 0 Å². The molecule has 0 aliphatic carbocycles. The lowest BCUT2D eigenvalue weighted by molar-refractivity contribution is -0.137. The van der Waals surface area contributed by atoms with Crippen LogP contribution in [-0.2, 0) is 19.1 Å². The van der Waals surface area contributed by atoms with Gasteiger partial charge < -0.3 is 30.3 Å². The van der Waals surface area contributed by atoms with E-state index in [1.807, 2.05) is 36.5 Å². The van der Waals surface area contributed by atoms with Gasteiger partial charge in [0.05, 0.1) is 37.8 Å². The predicted octanol–water partition coefficient (Wildman–Crippen LogP) is 3.36. The minimum atomic E-state index is -0.718. The summed E-state index contributed by atoms with van der Waals surface area (Å²) < 4.78 is 10.1. The molecule has 11 nitrogen and oxygen atoms in total. The van der Waals surface area contributed by atoms with Gasteiger partial charge in [-0.3, -0.25) is 10.3 Å². The molecule has 2 aliphatic heterocycles. The van der Waals surface area contributed by atoms with Crippen LogP contribution in [0.4, 0.5) is 11.4 Å². The Kier molecular flexibility index (Phi) is 10.8. The molecule has 2 aliphatic rings. The zero-order valence-electron chi connectivity index (χ0n) is 25.1. The summed E-state index contributed by atoms with van der Waals surface area (Å²) in [5.41, 5.74) is 4.37. The maximum Gasteiger partial charge on any atom is 0.336 e. The molecule has 0 atom stereocenters. The summed E-state index contributed by atoms with van der Waals surface area (Å²) in [5, 5.41) is 21.8. The number of hydrogen-bond acceptors (Lipinski definition) is 9. The summed E-state index contributed by atoms with van der Waals surface area (Å²) in [6, 6.07) is 18.1. The van der Waals surface area contributed by atoms with Gasteiger partial charge in [0, 0.05) is 48.4 Å². The van der Waals surface area contributed by atoms with E-state index in [0.29, 0.717) is 58.9 Å². The number of aliphatic imine (C=N–C) groups is 1. The quantitative estimate of drug-likeness (QED) is 0.0865. The Morgan fingerprint density at radius 1 is 1.00 bits per heavy atom. The van der Waals surface area contributed by atoms with E-state index >= 15 is 0 Å². The van der Waals surface area contributed by atoms with Crippen molar-refractivity contribution in [2.45, 2.75) is 38.6 Å². The van der Waals surface area contributed by atoms with Gasteiger partial charge in [0.1, 0.15) is 0 Å². The van der Waals surface area contributed by atoms with E-state index < -0.39 is 17.9 Å². The van der Waals surface area contributed by atoms with Crippen molar-refractivity contribution in [2.75, 3.05) is 50.6 Å². The number of nitrogens with one attached hydrogen (secondary N) is 4. The predicted molar refractivity (Wildman–Crippen MR) is 166 cm³/mol. The van der Waals surface area contributed by atoms with E-state index in [4.69, 9.17) is 9.47 Å². The number of esters is 2. The van der Waals surface area contributed by atoms with Crippen molar-refractivity contribution in [2.24, 2.45) is 4.99 Å². The number of carbonyl (C=O) groups is 2. The lowest BCUT2D eigenvalue weighted by Gasteiger charge is -2.34. The van der Waals surface area contributed by atoms with Crippen molar-refractivity contribution < 1.29 is 19.1 Å². The molecule has 1 fully saturated rings. The lowest BCUT2D eigenvalue weighted by atomic mass is 9.80. The number of guanidine groups is 1. The molecule has 226 valence electrons. The number of para-hydroxylation sites is 1. The molecule has 4 rings (SSSR count). The fraction of sp³-hybridized carbons (Fsp3) is 0.375. The average molecular weight is 586 g/mol. The van der Waals surface area contributed by atoms with Gasteiger partial charge in [0.25, 0.3) is 0 Å². The number of rotatable bonds is 9. The summed E-state index contributed by atoms with van der Waals surface area (Å²) in [7, 11) is 2.61. The van der Waals surface area contributed by atoms with Crippen molar-refractivity contribution in [3.8, 4) is 6.19 Å². The summed E-state index contributed by atoms with van der Waals surface area (Å²) in [6.07, 6.45) is 4.03. The third-order valence-electron chi connectivity index (χ3n) is 7.66. The number of ether oxygens (including phenoxy) is 2. The molecule has 0 saturated carbocycles. The first-order valence-electron chi connectivity index (χ1n) is 14.3. The van der Waals surface area contributed by atoms with E-state index in [2.05, 4.69) is 55.4 Å². The monoisotopic (exact) mass is 585 g/mol. The van der Waals surface area contributed by atoms with Crippen LogP contribution in [0.25, 0.3) is 0 Å². The highest BCUT2D eigenvalue weighted by Crippen LogP contribution is 2.39. The fourth-order valence-corrected chi connectivity index (χ4v) is 5.60. The van der Waals surface area contributed by atoms with Gasteiger partial charge in [-0.05, 0) is 56.5 Å². The smallest absolute Gasteiger partial charge is 0.336 e. The van der Waals surface area contributed by atoms with Crippen LogP contribution in [0.2, 0.25) is 0 Å². The maximum absolute atomic E-state index is 12.8. The largest absolute Gasteiger partial charge is 0.466 e. The van der Waals surface area contributed by atoms with E-state index in [0.717, 1.165) is 25.9 Å². The van der Waals surface area contributed by atoms with Crippen LogP contribution < -0.4 is 26.2 Å². The summed E-state index contributed by atoms with van der Waals surface area (Å²) in [5.74, 6) is -1.52. The molecule has 2 aromatic carbocycles. The zero-order valence-corrected chi connectivity index (χ0v) is 25.1. The molecule has 0 aromatic heterocycles. The molecule has 0 spiro atoms. The van der Waals surface area contributed by atoms with Crippen LogP contribution in [0, 0.1) is 11.5 Å². The SMILES string of the molecule is COC(=O)C1=C(C)NC(C)=C(C(=O)OC)C1c1cccc(NC(=NCCNC2CCN(c3ccccc3)CC2)NC#N)c1. The van der Waals surface area contributed by atoms with Gasteiger partial charge in [0.15, 0.2) is 6.19 Å². The van der Waals surface area contributed by atoms with Crippen molar-refractivity contribution in [1.29, 1.82) is 5.26 Å². The Bertz CT molecular complexity index is 1400. The highest BCUT2D eigenvalue weighted by molar-refractivity contribution is 6.00. The number of nitrogens with zero attached hydrogens (tertiary/aromatic N) is 3. The van der Waals surface area contributed by atoms with Gasteiger partial charge in [-0.2, -0.15) is 5.26 Å². The van der Waals surface area contributed by atoms with Gasteiger partial charge >= 0.3 is 11.9 Å². The third-order valence-corrected chi connectivity index (χ3v) is 7.66. The molecule has 0 bridgehead atoms. The van der Waals surface area contributed by atoms with E-state index in [1.54, 1.807) is 13.8 Å². The number of hydrogen-bond donors (Lipinski definition) is 4. The first-order valence-corrected chi connectivity index (χ1v) is 14.3. The second-order valence-corrected chi connectivity index (χ2v) is 10.4. The normalized spacial score (nSPS) is 16.3. The van der Waals surface area contributed by atoms with Crippen LogP contribution in [0.15, 0.2) is 82.1 Å². The van der Waals surface area contributed by atoms with Crippen LogP contribution in [0.5, 0.6) is 0 Å². The number of anilines is 2. The van der Waals surface area contributed by atoms with Gasteiger partial charge in [0.2, 0.25) is 5.96 Å². The van der Waals surface area contributed by atoms with E-state index in [-0.39, 0.29) is 0 Å². The first-order chi connectivity index (χ1) is 20.9. The average Bonchev–Trinajstić information content (AvgIpc) is 3.03. The lowest BCUT2D eigenvalue weighted by Crippen LogP contribution is -2.43.